The second kappa shape index (κ2) is 6.48. The lowest BCUT2D eigenvalue weighted by Gasteiger charge is -1.81. The van der Waals surface area contributed by atoms with Crippen molar-refractivity contribution in [2.45, 2.75) is 0 Å². The Morgan fingerprint density at radius 3 is 1.93 bits per heavy atom. The molecule has 0 aromatic carbocycles. The first kappa shape index (κ1) is 10.1. The van der Waals surface area contributed by atoms with E-state index in [0.717, 1.165) is 6.29 Å². The number of pyridine rings is 2. The normalized spacial score (nSPS) is 8.29. The first-order valence-corrected chi connectivity index (χ1v) is 4.13. The molecule has 0 atom stereocenters. The van der Waals surface area contributed by atoms with Crippen molar-refractivity contribution in [3.05, 3.63) is 60.7 Å². The number of hydrogen-bond acceptors (Lipinski definition) is 3. The molecule has 0 aliphatic rings. The Bertz CT molecular complexity index is 321. The van der Waals surface area contributed by atoms with Crippen molar-refractivity contribution in [2.24, 2.45) is 0 Å². The molecule has 0 amide bonds. The summed E-state index contributed by atoms with van der Waals surface area (Å²) in [5.41, 5.74) is 0.618. The van der Waals surface area contributed by atoms with Gasteiger partial charge in [0.1, 0.15) is 0 Å². The third kappa shape index (κ3) is 4.11. The molecular weight excluding hydrogens is 176 g/mol. The summed E-state index contributed by atoms with van der Waals surface area (Å²) in [5, 5.41) is 0. The van der Waals surface area contributed by atoms with Gasteiger partial charge in [-0.05, 0) is 24.3 Å². The summed E-state index contributed by atoms with van der Waals surface area (Å²) in [6.07, 6.45) is 7.42. The van der Waals surface area contributed by atoms with Crippen molar-refractivity contribution >= 4 is 6.29 Å². The Morgan fingerprint density at radius 2 is 1.64 bits per heavy atom. The molecular formula is C11H10N2O. The predicted molar refractivity (Wildman–Crippen MR) is 53.9 cm³/mol. The second-order valence-corrected chi connectivity index (χ2v) is 2.43. The summed E-state index contributed by atoms with van der Waals surface area (Å²) >= 11 is 0. The molecule has 3 heteroatoms. The largest absolute Gasteiger partial charge is 0.298 e. The van der Waals surface area contributed by atoms with Crippen LogP contribution in [0.3, 0.4) is 0 Å². The van der Waals surface area contributed by atoms with Crippen LogP contribution in [0.5, 0.6) is 0 Å². The second-order valence-electron chi connectivity index (χ2n) is 2.43. The Balaban J connectivity index is 0.000000146. The third-order valence-electron chi connectivity index (χ3n) is 1.39. The standard InChI is InChI=1S/C6H5NO.C5H5N/c8-5-6-2-1-3-7-4-6;1-2-4-6-5-3-1/h1-5H;1-5H. The van der Waals surface area contributed by atoms with Gasteiger partial charge in [0, 0.05) is 30.4 Å². The highest BCUT2D eigenvalue weighted by Crippen LogP contribution is 1.87. The van der Waals surface area contributed by atoms with Gasteiger partial charge in [-0.1, -0.05) is 6.07 Å². The SMILES string of the molecule is O=Cc1cccnc1.c1ccncc1. The topological polar surface area (TPSA) is 42.9 Å². The van der Waals surface area contributed by atoms with Crippen LogP contribution in [0.4, 0.5) is 0 Å². The fourth-order valence-electron chi connectivity index (χ4n) is 0.758. The van der Waals surface area contributed by atoms with Crippen molar-refractivity contribution in [2.75, 3.05) is 0 Å². The van der Waals surface area contributed by atoms with Gasteiger partial charge in [-0.25, -0.2) is 0 Å². The Hall–Kier alpha value is -2.03. The molecule has 0 unspecified atom stereocenters. The lowest BCUT2D eigenvalue weighted by molar-refractivity contribution is 0.112. The average Bonchev–Trinajstić information content (AvgIpc) is 2.33. The zero-order chi connectivity index (χ0) is 10.1. The summed E-state index contributed by atoms with van der Waals surface area (Å²) in [5.74, 6) is 0. The zero-order valence-electron chi connectivity index (χ0n) is 7.58. The fourth-order valence-corrected chi connectivity index (χ4v) is 0.758. The maximum atomic E-state index is 9.97. The van der Waals surface area contributed by atoms with E-state index in [0.29, 0.717) is 5.56 Å². The van der Waals surface area contributed by atoms with Crippen LogP contribution in [-0.2, 0) is 0 Å². The first-order chi connectivity index (χ1) is 6.93. The number of aldehydes is 1. The molecule has 0 saturated carbocycles. The average molecular weight is 186 g/mol. The van der Waals surface area contributed by atoms with Crippen LogP contribution in [0, 0.1) is 0 Å². The van der Waals surface area contributed by atoms with E-state index in [2.05, 4.69) is 9.97 Å². The number of hydrogen-bond donors (Lipinski definition) is 0. The molecule has 14 heavy (non-hydrogen) atoms. The maximum Gasteiger partial charge on any atom is 0.151 e. The number of rotatable bonds is 1. The molecule has 3 nitrogen and oxygen atoms in total. The van der Waals surface area contributed by atoms with Crippen molar-refractivity contribution < 1.29 is 4.79 Å². The van der Waals surface area contributed by atoms with Crippen molar-refractivity contribution in [3.63, 3.8) is 0 Å². The number of aromatic nitrogens is 2. The first-order valence-electron chi connectivity index (χ1n) is 4.13. The van der Waals surface area contributed by atoms with E-state index in [-0.39, 0.29) is 0 Å². The Kier molecular flexibility index (Phi) is 4.65. The summed E-state index contributed by atoms with van der Waals surface area (Å²) in [4.78, 5) is 17.5. The van der Waals surface area contributed by atoms with Gasteiger partial charge in [-0.3, -0.25) is 14.8 Å². The molecule has 2 aromatic heterocycles. The summed E-state index contributed by atoms with van der Waals surface area (Å²) < 4.78 is 0. The minimum Gasteiger partial charge on any atom is -0.298 e. The Labute approximate surface area is 82.5 Å². The zero-order valence-corrected chi connectivity index (χ0v) is 7.58. The van der Waals surface area contributed by atoms with E-state index in [9.17, 15) is 4.79 Å². The van der Waals surface area contributed by atoms with Gasteiger partial charge in [0.25, 0.3) is 0 Å². The molecule has 0 N–H and O–H groups in total. The van der Waals surface area contributed by atoms with Gasteiger partial charge in [-0.15, -0.1) is 0 Å². The van der Waals surface area contributed by atoms with E-state index in [1.165, 1.54) is 6.20 Å². The van der Waals surface area contributed by atoms with Crippen LogP contribution in [0.15, 0.2) is 55.1 Å². The Morgan fingerprint density at radius 1 is 0.929 bits per heavy atom. The lowest BCUT2D eigenvalue weighted by atomic mass is 10.3. The fraction of sp³-hybridized carbons (Fsp3) is 0. The van der Waals surface area contributed by atoms with Crippen LogP contribution in [-0.4, -0.2) is 16.3 Å². The van der Waals surface area contributed by atoms with Crippen LogP contribution < -0.4 is 0 Å². The van der Waals surface area contributed by atoms with Crippen molar-refractivity contribution in [3.8, 4) is 0 Å². The highest BCUT2D eigenvalue weighted by Gasteiger charge is 1.81. The summed E-state index contributed by atoms with van der Waals surface area (Å²) in [6, 6.07) is 9.15. The van der Waals surface area contributed by atoms with Crippen molar-refractivity contribution in [1.29, 1.82) is 0 Å². The highest BCUT2D eigenvalue weighted by atomic mass is 16.1. The molecule has 0 aliphatic carbocycles. The van der Waals surface area contributed by atoms with Gasteiger partial charge in [0.2, 0.25) is 0 Å². The summed E-state index contributed by atoms with van der Waals surface area (Å²) in [7, 11) is 0. The maximum absolute atomic E-state index is 9.97. The highest BCUT2D eigenvalue weighted by molar-refractivity contribution is 5.73. The molecule has 2 aromatic rings. The molecule has 0 bridgehead atoms. The van der Waals surface area contributed by atoms with E-state index in [1.807, 2.05) is 18.2 Å². The van der Waals surface area contributed by atoms with E-state index < -0.39 is 0 Å². The number of nitrogens with zero attached hydrogens (tertiary/aromatic N) is 2. The number of carbonyl (C=O) groups is 1. The van der Waals surface area contributed by atoms with Crippen molar-refractivity contribution in [1.82, 2.24) is 9.97 Å². The number of carbonyl (C=O) groups excluding carboxylic acids is 1. The van der Waals surface area contributed by atoms with E-state index in [4.69, 9.17) is 0 Å². The molecule has 2 heterocycles. The predicted octanol–water partition coefficient (Wildman–Crippen LogP) is 1.98. The monoisotopic (exact) mass is 186 g/mol. The summed E-state index contributed by atoms with van der Waals surface area (Å²) in [6.45, 7) is 0. The van der Waals surface area contributed by atoms with Crippen LogP contribution in [0.2, 0.25) is 0 Å². The van der Waals surface area contributed by atoms with Gasteiger partial charge in [-0.2, -0.15) is 0 Å². The molecule has 0 spiro atoms. The van der Waals surface area contributed by atoms with Gasteiger partial charge < -0.3 is 0 Å². The smallest absolute Gasteiger partial charge is 0.151 e. The van der Waals surface area contributed by atoms with Gasteiger partial charge >= 0.3 is 0 Å². The molecule has 0 fully saturated rings. The van der Waals surface area contributed by atoms with E-state index in [1.54, 1.807) is 30.7 Å². The molecule has 0 aliphatic heterocycles. The van der Waals surface area contributed by atoms with Gasteiger partial charge in [0.15, 0.2) is 6.29 Å². The van der Waals surface area contributed by atoms with Crippen LogP contribution >= 0.6 is 0 Å². The van der Waals surface area contributed by atoms with Gasteiger partial charge in [0.05, 0.1) is 0 Å². The molecule has 70 valence electrons. The third-order valence-corrected chi connectivity index (χ3v) is 1.39. The minimum atomic E-state index is 0.618. The lowest BCUT2D eigenvalue weighted by Crippen LogP contribution is -1.77. The molecule has 2 rings (SSSR count). The van der Waals surface area contributed by atoms with Crippen LogP contribution in [0.1, 0.15) is 10.4 Å². The minimum absolute atomic E-state index is 0.618. The van der Waals surface area contributed by atoms with E-state index >= 15 is 0 Å². The molecule has 0 radical (unpaired) electrons. The van der Waals surface area contributed by atoms with Crippen LogP contribution in [0.25, 0.3) is 0 Å². The quantitative estimate of drug-likeness (QED) is 0.639. The molecule has 0 saturated heterocycles.